The highest BCUT2D eigenvalue weighted by atomic mass is 19.1. The van der Waals surface area contributed by atoms with E-state index in [4.69, 9.17) is 5.11 Å². The van der Waals surface area contributed by atoms with Gasteiger partial charge in [-0.05, 0) is 6.07 Å². The third kappa shape index (κ3) is 1.50. The topological polar surface area (TPSA) is 70.2 Å². The smallest absolute Gasteiger partial charge is 0.343 e. The molecular formula is C7H6FNO3. The molecule has 1 rings (SSSR count). The van der Waals surface area contributed by atoms with Gasteiger partial charge in [-0.25, -0.2) is 9.18 Å². The Morgan fingerprint density at radius 1 is 1.75 bits per heavy atom. The SMILES string of the molecule is O=Cc1cc(C(F)C(=O)O)c[nH]1. The van der Waals surface area contributed by atoms with Crippen LogP contribution < -0.4 is 0 Å². The van der Waals surface area contributed by atoms with Gasteiger partial charge in [-0.2, -0.15) is 0 Å². The quantitative estimate of drug-likeness (QED) is 0.664. The number of hydrogen-bond donors (Lipinski definition) is 2. The molecule has 0 aliphatic carbocycles. The summed E-state index contributed by atoms with van der Waals surface area (Å²) in [5.74, 6) is -1.56. The van der Waals surface area contributed by atoms with Crippen molar-refractivity contribution in [1.29, 1.82) is 0 Å². The fourth-order valence-corrected chi connectivity index (χ4v) is 0.787. The number of aromatic nitrogens is 1. The number of carbonyl (C=O) groups excluding carboxylic acids is 1. The Balaban J connectivity index is 2.88. The van der Waals surface area contributed by atoms with Crippen molar-refractivity contribution < 1.29 is 19.1 Å². The summed E-state index contributed by atoms with van der Waals surface area (Å²) < 4.78 is 12.7. The maximum Gasteiger partial charge on any atom is 0.343 e. The van der Waals surface area contributed by atoms with Crippen molar-refractivity contribution in [3.8, 4) is 0 Å². The van der Waals surface area contributed by atoms with E-state index in [9.17, 15) is 14.0 Å². The zero-order valence-electron chi connectivity index (χ0n) is 5.95. The summed E-state index contributed by atoms with van der Waals surface area (Å²) in [4.78, 5) is 22.7. The largest absolute Gasteiger partial charge is 0.479 e. The minimum atomic E-state index is -2.07. The molecule has 0 aromatic carbocycles. The standard InChI is InChI=1S/C7H6FNO3/c8-6(7(11)12)4-1-5(3-10)9-2-4/h1-3,6,9H,(H,11,12). The number of alkyl halides is 1. The van der Waals surface area contributed by atoms with Crippen LogP contribution in [0.15, 0.2) is 12.3 Å². The van der Waals surface area contributed by atoms with E-state index in [0.717, 1.165) is 12.3 Å². The van der Waals surface area contributed by atoms with Crippen molar-refractivity contribution in [1.82, 2.24) is 4.98 Å². The first-order valence-electron chi connectivity index (χ1n) is 3.15. The molecular weight excluding hydrogens is 165 g/mol. The summed E-state index contributed by atoms with van der Waals surface area (Å²) in [6.45, 7) is 0. The van der Waals surface area contributed by atoms with Crippen molar-refractivity contribution in [3.63, 3.8) is 0 Å². The second kappa shape index (κ2) is 3.17. The van der Waals surface area contributed by atoms with Gasteiger partial charge in [0.25, 0.3) is 0 Å². The number of aliphatic carboxylic acids is 1. The normalized spacial score (nSPS) is 12.4. The maximum absolute atomic E-state index is 12.7. The molecule has 12 heavy (non-hydrogen) atoms. The predicted octanol–water partition coefficient (Wildman–Crippen LogP) is 0.922. The average molecular weight is 171 g/mol. The van der Waals surface area contributed by atoms with E-state index in [1.807, 2.05) is 0 Å². The fourth-order valence-electron chi connectivity index (χ4n) is 0.787. The van der Waals surface area contributed by atoms with Crippen LogP contribution in [-0.2, 0) is 4.79 Å². The van der Waals surface area contributed by atoms with E-state index in [1.54, 1.807) is 0 Å². The van der Waals surface area contributed by atoms with Gasteiger partial charge in [0.15, 0.2) is 6.29 Å². The highest BCUT2D eigenvalue weighted by Crippen LogP contribution is 2.17. The Morgan fingerprint density at radius 3 is 2.83 bits per heavy atom. The lowest BCUT2D eigenvalue weighted by atomic mass is 10.2. The Bertz CT molecular complexity index is 307. The number of carboxylic acid groups (broad SMARTS) is 1. The van der Waals surface area contributed by atoms with Crippen molar-refractivity contribution >= 4 is 12.3 Å². The monoisotopic (exact) mass is 171 g/mol. The average Bonchev–Trinajstić information content (AvgIpc) is 2.50. The van der Waals surface area contributed by atoms with Crippen LogP contribution in [0.25, 0.3) is 0 Å². The maximum atomic E-state index is 12.7. The van der Waals surface area contributed by atoms with E-state index >= 15 is 0 Å². The second-order valence-corrected chi connectivity index (χ2v) is 2.21. The number of hydrogen-bond acceptors (Lipinski definition) is 2. The van der Waals surface area contributed by atoms with E-state index in [1.165, 1.54) is 0 Å². The molecule has 1 unspecified atom stereocenters. The number of nitrogens with one attached hydrogen (secondary N) is 1. The molecule has 2 N–H and O–H groups in total. The van der Waals surface area contributed by atoms with Gasteiger partial charge in [0.05, 0.1) is 5.69 Å². The number of carbonyl (C=O) groups is 2. The van der Waals surface area contributed by atoms with Crippen LogP contribution >= 0.6 is 0 Å². The first-order chi connectivity index (χ1) is 5.65. The third-order valence-corrected chi connectivity index (χ3v) is 1.36. The number of H-pyrrole nitrogens is 1. The predicted molar refractivity (Wildman–Crippen MR) is 37.7 cm³/mol. The van der Waals surface area contributed by atoms with Crippen molar-refractivity contribution in [2.45, 2.75) is 6.17 Å². The van der Waals surface area contributed by atoms with Crippen LogP contribution in [0, 0.1) is 0 Å². The first-order valence-corrected chi connectivity index (χ1v) is 3.15. The lowest BCUT2D eigenvalue weighted by Crippen LogP contribution is -2.04. The molecule has 0 bridgehead atoms. The molecule has 1 aromatic rings. The number of carboxylic acids is 1. The molecule has 1 heterocycles. The van der Waals surface area contributed by atoms with Crippen molar-refractivity contribution in [2.75, 3.05) is 0 Å². The molecule has 0 fully saturated rings. The molecule has 0 amide bonds. The van der Waals surface area contributed by atoms with E-state index in [-0.39, 0.29) is 11.3 Å². The highest BCUT2D eigenvalue weighted by Gasteiger charge is 2.19. The number of halogens is 1. The van der Waals surface area contributed by atoms with Gasteiger partial charge in [0.1, 0.15) is 0 Å². The third-order valence-electron chi connectivity index (χ3n) is 1.36. The van der Waals surface area contributed by atoms with Crippen LogP contribution in [0.2, 0.25) is 0 Å². The molecule has 64 valence electrons. The first kappa shape index (κ1) is 8.45. The van der Waals surface area contributed by atoms with E-state index in [2.05, 4.69) is 4.98 Å². The van der Waals surface area contributed by atoms with Gasteiger partial charge in [0, 0.05) is 11.8 Å². The lowest BCUT2D eigenvalue weighted by molar-refractivity contribution is -0.143. The van der Waals surface area contributed by atoms with Crippen LogP contribution in [-0.4, -0.2) is 22.3 Å². The molecule has 0 aliphatic rings. The Labute approximate surface area is 67.0 Å². The van der Waals surface area contributed by atoms with Gasteiger partial charge in [0.2, 0.25) is 6.17 Å². The second-order valence-electron chi connectivity index (χ2n) is 2.21. The molecule has 4 nitrogen and oxygen atoms in total. The van der Waals surface area contributed by atoms with Gasteiger partial charge in [-0.1, -0.05) is 0 Å². The summed E-state index contributed by atoms with van der Waals surface area (Å²) >= 11 is 0. The van der Waals surface area contributed by atoms with Gasteiger partial charge >= 0.3 is 5.97 Å². The van der Waals surface area contributed by atoms with Crippen molar-refractivity contribution in [3.05, 3.63) is 23.5 Å². The Kier molecular flexibility index (Phi) is 2.23. The Morgan fingerprint density at radius 2 is 2.42 bits per heavy atom. The van der Waals surface area contributed by atoms with Crippen LogP contribution in [0.3, 0.4) is 0 Å². The van der Waals surface area contributed by atoms with Crippen molar-refractivity contribution in [2.24, 2.45) is 0 Å². The summed E-state index contributed by atoms with van der Waals surface area (Å²) in [6.07, 6.45) is -0.435. The molecule has 0 radical (unpaired) electrons. The van der Waals surface area contributed by atoms with E-state index < -0.39 is 12.1 Å². The summed E-state index contributed by atoms with van der Waals surface area (Å²) in [5.41, 5.74) is 0.110. The molecule has 0 spiro atoms. The minimum Gasteiger partial charge on any atom is -0.479 e. The summed E-state index contributed by atoms with van der Waals surface area (Å²) in [5, 5.41) is 8.24. The van der Waals surface area contributed by atoms with Gasteiger partial charge in [-0.3, -0.25) is 4.79 Å². The molecule has 0 aliphatic heterocycles. The van der Waals surface area contributed by atoms with E-state index in [0.29, 0.717) is 6.29 Å². The summed E-state index contributed by atoms with van der Waals surface area (Å²) in [6, 6.07) is 1.16. The zero-order chi connectivity index (χ0) is 9.14. The van der Waals surface area contributed by atoms with Gasteiger partial charge in [-0.15, -0.1) is 0 Å². The van der Waals surface area contributed by atoms with Gasteiger partial charge < -0.3 is 10.1 Å². The number of aromatic amines is 1. The molecule has 0 saturated heterocycles. The lowest BCUT2D eigenvalue weighted by Gasteiger charge is -1.96. The molecule has 1 aromatic heterocycles. The molecule has 1 atom stereocenters. The molecule has 5 heteroatoms. The van der Waals surface area contributed by atoms with Crippen LogP contribution in [0.1, 0.15) is 22.2 Å². The zero-order valence-corrected chi connectivity index (χ0v) is 5.95. The fraction of sp³-hybridized carbons (Fsp3) is 0.143. The number of rotatable bonds is 3. The molecule has 0 saturated carbocycles. The summed E-state index contributed by atoms with van der Waals surface area (Å²) in [7, 11) is 0. The van der Waals surface area contributed by atoms with Crippen LogP contribution in [0.5, 0.6) is 0 Å². The van der Waals surface area contributed by atoms with Crippen LogP contribution in [0.4, 0.5) is 4.39 Å². The number of aldehydes is 1. The Hall–Kier alpha value is -1.65. The minimum absolute atomic E-state index is 0.0513. The highest BCUT2D eigenvalue weighted by molar-refractivity contribution is 5.77.